The van der Waals surface area contributed by atoms with Gasteiger partial charge < -0.3 is 9.84 Å². The van der Waals surface area contributed by atoms with E-state index in [0.29, 0.717) is 0 Å². The fourth-order valence-corrected chi connectivity index (χ4v) is 1.68. The highest BCUT2D eigenvalue weighted by molar-refractivity contribution is 5.14. The minimum atomic E-state index is 0.228. The van der Waals surface area contributed by atoms with Crippen LogP contribution >= 0.6 is 0 Å². The Morgan fingerprint density at radius 1 is 1.47 bits per heavy atom. The molecule has 0 radical (unpaired) electrons. The lowest BCUT2D eigenvalue weighted by molar-refractivity contribution is 0.367. The van der Waals surface area contributed by atoms with Crippen molar-refractivity contribution in [1.82, 2.24) is 15.5 Å². The van der Waals surface area contributed by atoms with Crippen molar-refractivity contribution in [2.75, 3.05) is 6.54 Å². The Kier molecular flexibility index (Phi) is 2.06. The Balaban J connectivity index is 1.53. The molecule has 0 atom stereocenters. The van der Waals surface area contributed by atoms with Crippen molar-refractivity contribution in [2.45, 2.75) is 50.5 Å². The molecule has 2 fully saturated rings. The van der Waals surface area contributed by atoms with Crippen LogP contribution in [0.25, 0.3) is 0 Å². The zero-order valence-electron chi connectivity index (χ0n) is 9.12. The van der Waals surface area contributed by atoms with Crippen LogP contribution in [0.3, 0.4) is 0 Å². The van der Waals surface area contributed by atoms with Crippen LogP contribution in [0.2, 0.25) is 0 Å². The van der Waals surface area contributed by atoms with E-state index in [2.05, 4.69) is 22.4 Å². The Morgan fingerprint density at radius 2 is 2.27 bits per heavy atom. The van der Waals surface area contributed by atoms with Crippen LogP contribution in [0.1, 0.15) is 44.3 Å². The summed E-state index contributed by atoms with van der Waals surface area (Å²) in [5.74, 6) is 1.69. The first kappa shape index (κ1) is 9.33. The lowest BCUT2D eigenvalue weighted by atomic mass is 10.1. The minimum Gasteiger partial charge on any atom is -0.339 e. The predicted molar refractivity (Wildman–Crippen MR) is 55.6 cm³/mol. The van der Waals surface area contributed by atoms with E-state index in [-0.39, 0.29) is 5.41 Å². The first-order valence-electron chi connectivity index (χ1n) is 5.83. The van der Waals surface area contributed by atoms with Crippen molar-refractivity contribution >= 4 is 0 Å². The first-order valence-corrected chi connectivity index (χ1v) is 5.83. The molecule has 1 N–H and O–H groups in total. The van der Waals surface area contributed by atoms with Gasteiger partial charge >= 0.3 is 0 Å². The van der Waals surface area contributed by atoms with Gasteiger partial charge in [-0.2, -0.15) is 4.98 Å². The fraction of sp³-hybridized carbons (Fsp3) is 0.818. The van der Waals surface area contributed by atoms with Crippen LogP contribution in [0, 0.1) is 0 Å². The SMILES string of the molecule is CC1(c2noc(CCNC3CC3)n2)CC1. The lowest BCUT2D eigenvalue weighted by Gasteiger charge is -1.98. The van der Waals surface area contributed by atoms with Crippen LogP contribution < -0.4 is 5.32 Å². The molecule has 15 heavy (non-hydrogen) atoms. The molecule has 4 heteroatoms. The first-order chi connectivity index (χ1) is 7.26. The number of aromatic nitrogens is 2. The van der Waals surface area contributed by atoms with E-state index in [1.165, 1.54) is 25.7 Å². The van der Waals surface area contributed by atoms with Crippen molar-refractivity contribution < 1.29 is 4.52 Å². The monoisotopic (exact) mass is 207 g/mol. The maximum absolute atomic E-state index is 5.23. The molecule has 3 rings (SSSR count). The second kappa shape index (κ2) is 3.30. The summed E-state index contributed by atoms with van der Waals surface area (Å²) in [4.78, 5) is 4.44. The summed E-state index contributed by atoms with van der Waals surface area (Å²) >= 11 is 0. The van der Waals surface area contributed by atoms with Gasteiger partial charge in [-0.15, -0.1) is 0 Å². The molecule has 1 heterocycles. The molecule has 82 valence electrons. The van der Waals surface area contributed by atoms with Crippen molar-refractivity contribution in [3.05, 3.63) is 11.7 Å². The quantitative estimate of drug-likeness (QED) is 0.793. The van der Waals surface area contributed by atoms with Gasteiger partial charge in [0.15, 0.2) is 5.82 Å². The van der Waals surface area contributed by atoms with E-state index in [1.807, 2.05) is 0 Å². The molecule has 0 saturated heterocycles. The molecular weight excluding hydrogens is 190 g/mol. The fourth-order valence-electron chi connectivity index (χ4n) is 1.68. The standard InChI is InChI=1S/C11H17N3O/c1-11(5-6-11)10-13-9(15-14-10)4-7-12-8-2-3-8/h8,12H,2-7H2,1H3. The van der Waals surface area contributed by atoms with Gasteiger partial charge in [-0.05, 0) is 25.7 Å². The lowest BCUT2D eigenvalue weighted by Crippen LogP contribution is -2.19. The number of hydrogen-bond donors (Lipinski definition) is 1. The molecule has 0 aliphatic heterocycles. The van der Waals surface area contributed by atoms with Gasteiger partial charge in [-0.3, -0.25) is 0 Å². The van der Waals surface area contributed by atoms with Crippen LogP contribution in [0.5, 0.6) is 0 Å². The van der Waals surface area contributed by atoms with Crippen molar-refractivity contribution in [2.24, 2.45) is 0 Å². The van der Waals surface area contributed by atoms with Gasteiger partial charge in [0.25, 0.3) is 0 Å². The second-order valence-corrected chi connectivity index (χ2v) is 5.05. The Labute approximate surface area is 89.4 Å². The molecule has 0 unspecified atom stereocenters. The third-order valence-corrected chi connectivity index (χ3v) is 3.36. The van der Waals surface area contributed by atoms with Crippen LogP contribution in [0.15, 0.2) is 4.52 Å². The Bertz CT molecular complexity index is 352. The third-order valence-electron chi connectivity index (χ3n) is 3.36. The molecule has 2 saturated carbocycles. The van der Waals surface area contributed by atoms with Gasteiger partial charge in [0, 0.05) is 24.4 Å². The van der Waals surface area contributed by atoms with E-state index in [9.17, 15) is 0 Å². The van der Waals surface area contributed by atoms with Crippen molar-refractivity contribution in [1.29, 1.82) is 0 Å². The van der Waals surface area contributed by atoms with Crippen LogP contribution in [-0.2, 0) is 11.8 Å². The van der Waals surface area contributed by atoms with Gasteiger partial charge in [0.1, 0.15) is 0 Å². The normalized spacial score (nSPS) is 23.0. The van der Waals surface area contributed by atoms with Gasteiger partial charge in [0.05, 0.1) is 0 Å². The van der Waals surface area contributed by atoms with Crippen molar-refractivity contribution in [3.63, 3.8) is 0 Å². The van der Waals surface area contributed by atoms with Crippen molar-refractivity contribution in [3.8, 4) is 0 Å². The van der Waals surface area contributed by atoms with Crippen LogP contribution in [-0.4, -0.2) is 22.7 Å². The highest BCUT2D eigenvalue weighted by Gasteiger charge is 2.43. The highest BCUT2D eigenvalue weighted by Crippen LogP contribution is 2.45. The number of nitrogens with one attached hydrogen (secondary N) is 1. The van der Waals surface area contributed by atoms with Crippen LogP contribution in [0.4, 0.5) is 0 Å². The molecule has 1 aromatic rings. The molecule has 1 aromatic heterocycles. The number of hydrogen-bond acceptors (Lipinski definition) is 4. The van der Waals surface area contributed by atoms with Gasteiger partial charge in [0.2, 0.25) is 5.89 Å². The summed E-state index contributed by atoms with van der Waals surface area (Å²) in [6.07, 6.45) is 5.92. The third kappa shape index (κ3) is 2.04. The number of nitrogens with zero attached hydrogens (tertiary/aromatic N) is 2. The molecule has 2 aliphatic carbocycles. The highest BCUT2D eigenvalue weighted by atomic mass is 16.5. The molecule has 0 spiro atoms. The topological polar surface area (TPSA) is 51.0 Å². The Hall–Kier alpha value is -0.900. The molecular formula is C11H17N3O. The second-order valence-electron chi connectivity index (χ2n) is 5.05. The summed E-state index contributed by atoms with van der Waals surface area (Å²) in [5.41, 5.74) is 0.228. The van der Waals surface area contributed by atoms with Gasteiger partial charge in [-0.1, -0.05) is 12.1 Å². The summed E-state index contributed by atoms with van der Waals surface area (Å²) in [6.45, 7) is 3.16. The number of rotatable bonds is 5. The molecule has 2 aliphatic rings. The molecule has 4 nitrogen and oxygen atoms in total. The summed E-state index contributed by atoms with van der Waals surface area (Å²) in [7, 11) is 0. The van der Waals surface area contributed by atoms with E-state index >= 15 is 0 Å². The smallest absolute Gasteiger partial charge is 0.227 e. The predicted octanol–water partition coefficient (Wildman–Crippen LogP) is 1.42. The Morgan fingerprint density at radius 3 is 2.93 bits per heavy atom. The maximum Gasteiger partial charge on any atom is 0.227 e. The van der Waals surface area contributed by atoms with E-state index in [1.54, 1.807) is 0 Å². The average molecular weight is 207 g/mol. The van der Waals surface area contributed by atoms with E-state index in [0.717, 1.165) is 30.7 Å². The molecule has 0 amide bonds. The zero-order valence-corrected chi connectivity index (χ0v) is 9.12. The van der Waals surface area contributed by atoms with Gasteiger partial charge in [-0.25, -0.2) is 0 Å². The largest absolute Gasteiger partial charge is 0.339 e. The van der Waals surface area contributed by atoms with E-state index < -0.39 is 0 Å². The molecule has 0 bridgehead atoms. The summed E-state index contributed by atoms with van der Waals surface area (Å²) in [5, 5.41) is 7.49. The summed E-state index contributed by atoms with van der Waals surface area (Å²) < 4.78 is 5.23. The minimum absolute atomic E-state index is 0.228. The molecule has 0 aromatic carbocycles. The summed E-state index contributed by atoms with van der Waals surface area (Å²) in [6, 6.07) is 0.758. The van der Waals surface area contributed by atoms with E-state index in [4.69, 9.17) is 4.52 Å². The average Bonchev–Trinajstić information content (AvgIpc) is 3.11. The maximum atomic E-state index is 5.23. The zero-order chi connectivity index (χ0) is 10.3.